The molecule has 0 aliphatic heterocycles. The van der Waals surface area contributed by atoms with Crippen molar-refractivity contribution in [1.29, 1.82) is 0 Å². The zero-order valence-corrected chi connectivity index (χ0v) is 14.7. The largest absolute Gasteiger partial charge is 0.493 e. The van der Waals surface area contributed by atoms with Crippen LogP contribution in [0.3, 0.4) is 0 Å². The van der Waals surface area contributed by atoms with Gasteiger partial charge in [-0.2, -0.15) is 0 Å². The standard InChI is InChI=1S/C18H29NO2.ClH/c1-3-21-18-13-15(11-12-17(18)20-2)14-19-16-9-7-5-4-6-8-10-16;/h11-13,16,19H,3-10,14H2,1-2H3;1H. The Kier molecular flexibility index (Phi) is 9.33. The molecule has 1 aromatic rings. The molecule has 1 fully saturated rings. The number of nitrogens with one attached hydrogen (secondary N) is 1. The van der Waals surface area contributed by atoms with Gasteiger partial charge in [0.05, 0.1) is 13.7 Å². The van der Waals surface area contributed by atoms with Crippen LogP contribution in [0.4, 0.5) is 0 Å². The van der Waals surface area contributed by atoms with Gasteiger partial charge in [0, 0.05) is 12.6 Å². The summed E-state index contributed by atoms with van der Waals surface area (Å²) < 4.78 is 11.0. The van der Waals surface area contributed by atoms with Gasteiger partial charge in [-0.05, 0) is 37.5 Å². The lowest BCUT2D eigenvalue weighted by atomic mass is 9.96. The second kappa shape index (κ2) is 10.7. The summed E-state index contributed by atoms with van der Waals surface area (Å²) in [6.45, 7) is 3.57. The first kappa shape index (κ1) is 19.1. The van der Waals surface area contributed by atoms with E-state index in [0.717, 1.165) is 18.0 Å². The lowest BCUT2D eigenvalue weighted by Gasteiger charge is -2.21. The van der Waals surface area contributed by atoms with Gasteiger partial charge in [0.2, 0.25) is 0 Å². The van der Waals surface area contributed by atoms with Gasteiger partial charge in [-0.25, -0.2) is 0 Å². The average Bonchev–Trinajstić information content (AvgIpc) is 2.47. The van der Waals surface area contributed by atoms with Crippen LogP contribution in [0.2, 0.25) is 0 Å². The zero-order valence-electron chi connectivity index (χ0n) is 13.9. The van der Waals surface area contributed by atoms with Gasteiger partial charge in [-0.15, -0.1) is 12.4 Å². The fourth-order valence-electron chi connectivity index (χ4n) is 3.02. The zero-order chi connectivity index (χ0) is 14.9. The highest BCUT2D eigenvalue weighted by molar-refractivity contribution is 5.85. The highest BCUT2D eigenvalue weighted by atomic mass is 35.5. The minimum absolute atomic E-state index is 0. The number of ether oxygens (including phenoxy) is 2. The second-order valence-electron chi connectivity index (χ2n) is 5.84. The van der Waals surface area contributed by atoms with E-state index in [9.17, 15) is 0 Å². The molecule has 0 saturated heterocycles. The summed E-state index contributed by atoms with van der Waals surface area (Å²) in [5.41, 5.74) is 1.27. The van der Waals surface area contributed by atoms with Gasteiger partial charge in [-0.3, -0.25) is 0 Å². The van der Waals surface area contributed by atoms with Crippen molar-refractivity contribution in [2.45, 2.75) is 64.5 Å². The Labute approximate surface area is 141 Å². The molecule has 1 aliphatic rings. The molecular formula is C18H30ClNO2. The first-order chi connectivity index (χ1) is 10.3. The van der Waals surface area contributed by atoms with Crippen molar-refractivity contribution >= 4 is 12.4 Å². The van der Waals surface area contributed by atoms with Crippen LogP contribution in [0, 0.1) is 0 Å². The van der Waals surface area contributed by atoms with Crippen LogP contribution in [0.15, 0.2) is 18.2 Å². The third-order valence-electron chi connectivity index (χ3n) is 4.23. The fourth-order valence-corrected chi connectivity index (χ4v) is 3.02. The molecule has 2 rings (SSSR count). The molecule has 0 spiro atoms. The Morgan fingerprint density at radius 3 is 2.36 bits per heavy atom. The third kappa shape index (κ3) is 6.05. The normalized spacial score (nSPS) is 16.3. The van der Waals surface area contributed by atoms with Gasteiger partial charge >= 0.3 is 0 Å². The summed E-state index contributed by atoms with van der Waals surface area (Å²) in [5.74, 6) is 1.66. The molecule has 0 aromatic heterocycles. The van der Waals surface area contributed by atoms with Crippen molar-refractivity contribution in [3.63, 3.8) is 0 Å². The molecule has 0 heterocycles. The molecule has 1 aliphatic carbocycles. The minimum Gasteiger partial charge on any atom is -0.493 e. The summed E-state index contributed by atoms with van der Waals surface area (Å²) in [6.07, 6.45) is 9.57. The summed E-state index contributed by atoms with van der Waals surface area (Å²) in [7, 11) is 1.68. The summed E-state index contributed by atoms with van der Waals surface area (Å²) in [5, 5.41) is 3.72. The molecule has 1 aromatic carbocycles. The first-order valence-corrected chi connectivity index (χ1v) is 8.36. The van der Waals surface area contributed by atoms with E-state index in [1.165, 1.54) is 50.5 Å². The first-order valence-electron chi connectivity index (χ1n) is 8.36. The van der Waals surface area contributed by atoms with Crippen molar-refractivity contribution < 1.29 is 9.47 Å². The van der Waals surface area contributed by atoms with E-state index in [1.807, 2.05) is 13.0 Å². The van der Waals surface area contributed by atoms with Crippen molar-refractivity contribution in [2.24, 2.45) is 0 Å². The lowest BCUT2D eigenvalue weighted by molar-refractivity contribution is 0.310. The van der Waals surface area contributed by atoms with E-state index >= 15 is 0 Å². The molecule has 1 saturated carbocycles. The molecule has 0 atom stereocenters. The second-order valence-corrected chi connectivity index (χ2v) is 5.84. The molecule has 0 unspecified atom stereocenters. The quantitative estimate of drug-likeness (QED) is 0.820. The van der Waals surface area contributed by atoms with Crippen molar-refractivity contribution in [3.05, 3.63) is 23.8 Å². The van der Waals surface area contributed by atoms with Gasteiger partial charge < -0.3 is 14.8 Å². The molecule has 0 amide bonds. The monoisotopic (exact) mass is 327 g/mol. The van der Waals surface area contributed by atoms with Gasteiger partial charge in [0.25, 0.3) is 0 Å². The molecule has 22 heavy (non-hydrogen) atoms. The Morgan fingerprint density at radius 1 is 1.05 bits per heavy atom. The van der Waals surface area contributed by atoms with Crippen molar-refractivity contribution in [3.8, 4) is 11.5 Å². The number of methoxy groups -OCH3 is 1. The highest BCUT2D eigenvalue weighted by Crippen LogP contribution is 2.28. The van der Waals surface area contributed by atoms with E-state index in [0.29, 0.717) is 12.6 Å². The van der Waals surface area contributed by atoms with Crippen LogP contribution in [-0.4, -0.2) is 19.8 Å². The molecule has 0 radical (unpaired) electrons. The maximum atomic E-state index is 5.64. The minimum atomic E-state index is 0. The molecule has 3 nitrogen and oxygen atoms in total. The summed E-state index contributed by atoms with van der Waals surface area (Å²) in [4.78, 5) is 0. The van der Waals surface area contributed by atoms with Crippen LogP contribution < -0.4 is 14.8 Å². The maximum absolute atomic E-state index is 5.64. The molecule has 4 heteroatoms. The van der Waals surface area contributed by atoms with Crippen LogP contribution in [-0.2, 0) is 6.54 Å². The van der Waals surface area contributed by atoms with Crippen LogP contribution in [0.1, 0.15) is 57.4 Å². The van der Waals surface area contributed by atoms with E-state index in [4.69, 9.17) is 9.47 Å². The Bertz CT molecular complexity index is 418. The van der Waals surface area contributed by atoms with E-state index in [1.54, 1.807) is 7.11 Å². The third-order valence-corrected chi connectivity index (χ3v) is 4.23. The number of hydrogen-bond donors (Lipinski definition) is 1. The number of halogens is 1. The predicted molar refractivity (Wildman–Crippen MR) is 94.4 cm³/mol. The summed E-state index contributed by atoms with van der Waals surface area (Å²) in [6, 6.07) is 6.89. The van der Waals surface area contributed by atoms with Gasteiger partial charge in [0.1, 0.15) is 0 Å². The maximum Gasteiger partial charge on any atom is 0.161 e. The molecular weight excluding hydrogens is 298 g/mol. The van der Waals surface area contributed by atoms with E-state index < -0.39 is 0 Å². The van der Waals surface area contributed by atoms with E-state index in [2.05, 4.69) is 17.4 Å². The Morgan fingerprint density at radius 2 is 1.73 bits per heavy atom. The fraction of sp³-hybridized carbons (Fsp3) is 0.667. The molecule has 0 bridgehead atoms. The van der Waals surface area contributed by atoms with Crippen LogP contribution in [0.5, 0.6) is 11.5 Å². The number of rotatable bonds is 6. The number of hydrogen-bond acceptors (Lipinski definition) is 3. The van der Waals surface area contributed by atoms with Crippen LogP contribution in [0.25, 0.3) is 0 Å². The highest BCUT2D eigenvalue weighted by Gasteiger charge is 2.11. The van der Waals surface area contributed by atoms with Crippen molar-refractivity contribution in [2.75, 3.05) is 13.7 Å². The van der Waals surface area contributed by atoms with Gasteiger partial charge in [-0.1, -0.05) is 38.2 Å². The SMILES string of the molecule is CCOc1cc(CNC2CCCCCCC2)ccc1OC.Cl. The van der Waals surface area contributed by atoms with Gasteiger partial charge in [0.15, 0.2) is 11.5 Å². The van der Waals surface area contributed by atoms with E-state index in [-0.39, 0.29) is 12.4 Å². The average molecular weight is 328 g/mol. The van der Waals surface area contributed by atoms with Crippen LogP contribution >= 0.6 is 12.4 Å². The summed E-state index contributed by atoms with van der Waals surface area (Å²) >= 11 is 0. The molecule has 1 N–H and O–H groups in total. The smallest absolute Gasteiger partial charge is 0.161 e. The predicted octanol–water partition coefficient (Wildman–Crippen LogP) is 4.72. The van der Waals surface area contributed by atoms with Crippen molar-refractivity contribution in [1.82, 2.24) is 5.32 Å². The Balaban J connectivity index is 0.00000242. The number of benzene rings is 1. The molecule has 126 valence electrons. The lowest BCUT2D eigenvalue weighted by Crippen LogP contribution is -2.29. The Hall–Kier alpha value is -0.930. The topological polar surface area (TPSA) is 30.5 Å².